The Balaban J connectivity index is 2.31. The second-order valence-electron chi connectivity index (χ2n) is 6.95. The minimum absolute atomic E-state index is 0.289. The van der Waals surface area contributed by atoms with Crippen LogP contribution in [-0.2, 0) is 19.6 Å². The molecule has 7 heteroatoms. The third-order valence-corrected chi connectivity index (χ3v) is 5.25. The lowest BCUT2D eigenvalue weighted by atomic mass is 9.80. The Morgan fingerprint density at radius 1 is 1.36 bits per heavy atom. The van der Waals surface area contributed by atoms with Crippen molar-refractivity contribution in [2.24, 2.45) is 11.8 Å². The lowest BCUT2D eigenvalue weighted by Gasteiger charge is -2.41. The molecule has 0 aromatic heterocycles. The Hall–Kier alpha value is -0.660. The van der Waals surface area contributed by atoms with Crippen LogP contribution in [0.4, 0.5) is 0 Å². The van der Waals surface area contributed by atoms with Gasteiger partial charge in [-0.05, 0) is 50.2 Å². The molecule has 2 fully saturated rings. The maximum absolute atomic E-state index is 12.1. The number of ether oxygens (including phenoxy) is 1. The van der Waals surface area contributed by atoms with E-state index in [1.165, 1.54) is 11.8 Å². The molecular weight excluding hydrogens is 340 g/mol. The van der Waals surface area contributed by atoms with Crippen LogP contribution in [0.5, 0.6) is 0 Å². The number of rotatable bonds is 6. The van der Waals surface area contributed by atoms with Crippen molar-refractivity contribution < 1.29 is 26.2 Å². The smallest absolute Gasteiger partial charge is 0.219 e. The first-order valence-electron chi connectivity index (χ1n) is 12.0. The number of hydrogen-bond acceptors (Lipinski definition) is 4. The maximum Gasteiger partial charge on any atom is 0.219 e. The highest BCUT2D eigenvalue weighted by Crippen LogP contribution is 2.31. The number of sulfonamides is 1. The van der Waals surface area contributed by atoms with E-state index >= 15 is 0 Å². The normalized spacial score (nSPS) is 52.4. The molecule has 0 bridgehead atoms. The third kappa shape index (κ3) is 6.22. The van der Waals surface area contributed by atoms with Gasteiger partial charge < -0.3 is 9.64 Å². The predicted octanol–water partition coefficient (Wildman–Crippen LogP) is 2.15. The molecule has 0 spiro atoms. The van der Waals surface area contributed by atoms with Crippen molar-refractivity contribution in [2.75, 3.05) is 19.4 Å². The number of nitrogens with one attached hydrogen (secondary N) is 1. The zero-order valence-electron chi connectivity index (χ0n) is 21.4. The van der Waals surface area contributed by atoms with Gasteiger partial charge in [0.2, 0.25) is 15.9 Å². The van der Waals surface area contributed by atoms with Crippen molar-refractivity contribution >= 4 is 15.9 Å². The van der Waals surface area contributed by atoms with Gasteiger partial charge in [-0.2, -0.15) is 0 Å². The highest BCUT2D eigenvalue weighted by Gasteiger charge is 2.35. The standard InChI is InChI=1S/C18H34N2O4S/c1-13(2)15-7-9-16(10-8-15)24-12-18-17(19-25(4,22)23)6-5-11-20(18)14(3)21/h13,15-19H,5-12H2,1-4H3/t15-,16+,17-,18-/m0/s1/i7D,8D,9D,10D,15D,16D/t7?,8?,9?,10?,15-,16+,17-,18-. The van der Waals surface area contributed by atoms with Crippen LogP contribution >= 0.6 is 0 Å². The minimum atomic E-state index is -3.58. The van der Waals surface area contributed by atoms with E-state index in [-0.39, 0.29) is 12.5 Å². The quantitative estimate of drug-likeness (QED) is 0.766. The van der Waals surface area contributed by atoms with Gasteiger partial charge in [-0.1, -0.05) is 13.8 Å². The molecule has 0 aromatic rings. The van der Waals surface area contributed by atoms with Gasteiger partial charge in [0.1, 0.15) is 0 Å². The van der Waals surface area contributed by atoms with E-state index in [2.05, 4.69) is 4.72 Å². The first-order chi connectivity index (χ1) is 14.1. The summed E-state index contributed by atoms with van der Waals surface area (Å²) in [5, 5.41) is 0. The van der Waals surface area contributed by atoms with E-state index in [0.29, 0.717) is 19.4 Å². The average molecular weight is 381 g/mol. The zero-order valence-corrected chi connectivity index (χ0v) is 16.2. The molecular formula is C18H34N2O4S. The Bertz CT molecular complexity index is 754. The molecule has 6 nitrogen and oxygen atoms in total. The van der Waals surface area contributed by atoms with Gasteiger partial charge in [0.15, 0.2) is 0 Å². The zero-order chi connectivity index (χ0) is 23.9. The molecule has 2 aliphatic rings. The fourth-order valence-corrected chi connectivity index (χ4v) is 4.02. The van der Waals surface area contributed by atoms with Crippen LogP contribution in [0.2, 0.25) is 0 Å². The lowest BCUT2D eigenvalue weighted by molar-refractivity contribution is -0.136. The van der Waals surface area contributed by atoms with E-state index in [0.717, 1.165) is 6.26 Å². The molecule has 6 atom stereocenters. The van der Waals surface area contributed by atoms with Crippen molar-refractivity contribution in [3.05, 3.63) is 0 Å². The summed E-state index contributed by atoms with van der Waals surface area (Å²) in [6.07, 6.45) is -6.23. The van der Waals surface area contributed by atoms with Crippen molar-refractivity contribution in [1.29, 1.82) is 0 Å². The average Bonchev–Trinajstić information content (AvgIpc) is 2.67. The van der Waals surface area contributed by atoms with Gasteiger partial charge >= 0.3 is 0 Å². The summed E-state index contributed by atoms with van der Waals surface area (Å²) < 4.78 is 82.7. The van der Waals surface area contributed by atoms with Crippen LogP contribution in [0.1, 0.15) is 67.4 Å². The van der Waals surface area contributed by atoms with Crippen molar-refractivity contribution in [1.82, 2.24) is 9.62 Å². The molecule has 146 valence electrons. The summed E-state index contributed by atoms with van der Waals surface area (Å²) in [4.78, 5) is 13.6. The monoisotopic (exact) mass is 380 g/mol. The Morgan fingerprint density at radius 2 is 2.00 bits per heavy atom. The lowest BCUT2D eigenvalue weighted by Crippen LogP contribution is -2.58. The Morgan fingerprint density at radius 3 is 2.52 bits per heavy atom. The molecule has 1 saturated heterocycles. The molecule has 1 heterocycles. The number of likely N-dealkylation sites (tertiary alicyclic amines) is 1. The molecule has 1 amide bonds. The van der Waals surface area contributed by atoms with E-state index in [1.807, 2.05) is 0 Å². The second-order valence-corrected chi connectivity index (χ2v) is 8.73. The molecule has 0 radical (unpaired) electrons. The fraction of sp³-hybridized carbons (Fsp3) is 0.944. The molecule has 1 aliphatic carbocycles. The summed E-state index contributed by atoms with van der Waals surface area (Å²) >= 11 is 0. The van der Waals surface area contributed by atoms with Crippen LogP contribution in [0.25, 0.3) is 0 Å². The van der Waals surface area contributed by atoms with Gasteiger partial charge in [0.05, 0.1) is 26.4 Å². The van der Waals surface area contributed by atoms with E-state index in [9.17, 15) is 13.2 Å². The van der Waals surface area contributed by atoms with Gasteiger partial charge in [-0.3, -0.25) is 4.79 Å². The first kappa shape index (κ1) is 13.5. The van der Waals surface area contributed by atoms with E-state index in [1.54, 1.807) is 13.8 Å². The number of nitrogens with zero attached hydrogens (tertiary/aromatic N) is 1. The molecule has 4 unspecified atom stereocenters. The topological polar surface area (TPSA) is 75.7 Å². The SMILES string of the molecule is [2H]C1C([2H])[C@]([2H])(C(C)C)C([2H])C([2H])[C@]1([2H])OC[C@H]1[C@@H](NS(C)(=O)=O)CCCN1C(C)=O. The number of carbonyl (C=O) groups is 1. The summed E-state index contributed by atoms with van der Waals surface area (Å²) in [5.41, 5.74) is 0. The summed E-state index contributed by atoms with van der Waals surface area (Å²) in [5.74, 6) is -2.44. The molecule has 0 aromatic carbocycles. The molecule has 1 N–H and O–H groups in total. The highest BCUT2D eigenvalue weighted by molar-refractivity contribution is 7.88. The van der Waals surface area contributed by atoms with E-state index < -0.39 is 65.6 Å². The molecule has 25 heavy (non-hydrogen) atoms. The van der Waals surface area contributed by atoms with Crippen LogP contribution in [0.15, 0.2) is 0 Å². The summed E-state index contributed by atoms with van der Waals surface area (Å²) in [7, 11) is -3.58. The fourth-order valence-electron chi connectivity index (χ4n) is 3.20. The third-order valence-electron chi connectivity index (χ3n) is 4.52. The predicted molar refractivity (Wildman–Crippen MR) is 98.7 cm³/mol. The largest absolute Gasteiger partial charge is 0.376 e. The minimum Gasteiger partial charge on any atom is -0.376 e. The number of amides is 1. The first-order valence-corrected chi connectivity index (χ1v) is 10.5. The molecule has 2 rings (SSSR count). The van der Waals surface area contributed by atoms with Crippen LogP contribution in [0.3, 0.4) is 0 Å². The highest BCUT2D eigenvalue weighted by atomic mass is 32.2. The van der Waals surface area contributed by atoms with Crippen LogP contribution in [0, 0.1) is 11.8 Å². The van der Waals surface area contributed by atoms with Crippen LogP contribution in [-0.4, -0.2) is 56.8 Å². The number of carbonyl (C=O) groups excluding carboxylic acids is 1. The van der Waals surface area contributed by atoms with Crippen LogP contribution < -0.4 is 4.72 Å². The Labute approximate surface area is 161 Å². The van der Waals surface area contributed by atoms with Gasteiger partial charge in [0.25, 0.3) is 0 Å². The van der Waals surface area contributed by atoms with Gasteiger partial charge in [-0.15, -0.1) is 0 Å². The van der Waals surface area contributed by atoms with Gasteiger partial charge in [0, 0.05) is 26.4 Å². The second kappa shape index (κ2) is 8.82. The number of hydrogen-bond donors (Lipinski definition) is 1. The number of piperidine rings is 1. The molecule has 1 saturated carbocycles. The summed E-state index contributed by atoms with van der Waals surface area (Å²) in [6, 6.07) is -1.40. The van der Waals surface area contributed by atoms with Gasteiger partial charge in [-0.25, -0.2) is 13.1 Å². The van der Waals surface area contributed by atoms with Crippen molar-refractivity contribution in [2.45, 2.75) is 77.4 Å². The van der Waals surface area contributed by atoms with E-state index in [4.69, 9.17) is 13.0 Å². The summed E-state index contributed by atoms with van der Waals surface area (Å²) in [6.45, 7) is 4.76. The Kier molecular flexibility index (Phi) is 4.76. The maximum atomic E-state index is 12.1. The van der Waals surface area contributed by atoms with Crippen molar-refractivity contribution in [3.8, 4) is 0 Å². The van der Waals surface area contributed by atoms with Crippen molar-refractivity contribution in [3.63, 3.8) is 0 Å². The molecule has 1 aliphatic heterocycles.